The Morgan fingerprint density at radius 3 is 2.84 bits per heavy atom. The second-order valence-electron chi connectivity index (χ2n) is 3.65. The largest absolute Gasteiger partial charge is 0.489 e. The molecule has 0 aliphatic rings. The molecule has 19 heavy (non-hydrogen) atoms. The Labute approximate surface area is 110 Å². The van der Waals surface area contributed by atoms with E-state index in [1.54, 1.807) is 12.1 Å². The number of nitrogens with zero attached hydrogens (tertiary/aromatic N) is 2. The van der Waals surface area contributed by atoms with Crippen LogP contribution in [0.1, 0.15) is 6.92 Å². The van der Waals surface area contributed by atoms with E-state index in [2.05, 4.69) is 15.3 Å². The Balaban J connectivity index is 2.31. The third kappa shape index (κ3) is 3.09. The topological polar surface area (TPSA) is 56.3 Å². The van der Waals surface area contributed by atoms with Gasteiger partial charge in [-0.25, -0.2) is 9.37 Å². The number of aromatic nitrogens is 2. The van der Waals surface area contributed by atoms with E-state index >= 15 is 0 Å². The number of methoxy groups -OCH3 is 1. The molecule has 6 heteroatoms. The molecule has 0 fully saturated rings. The van der Waals surface area contributed by atoms with Crippen LogP contribution in [0.15, 0.2) is 30.6 Å². The predicted octanol–water partition coefficient (Wildman–Crippen LogP) is 2.85. The molecule has 100 valence electrons. The highest BCUT2D eigenvalue weighted by Gasteiger charge is 2.13. The van der Waals surface area contributed by atoms with Gasteiger partial charge in [-0.15, -0.1) is 0 Å². The van der Waals surface area contributed by atoms with E-state index in [0.717, 1.165) is 0 Å². The summed E-state index contributed by atoms with van der Waals surface area (Å²) in [6, 6.07) is 5.81. The zero-order chi connectivity index (χ0) is 13.7. The van der Waals surface area contributed by atoms with Crippen molar-refractivity contribution in [1.82, 2.24) is 9.97 Å². The highest BCUT2D eigenvalue weighted by Crippen LogP contribution is 2.34. The van der Waals surface area contributed by atoms with Crippen LogP contribution in [0.5, 0.6) is 17.4 Å². The van der Waals surface area contributed by atoms with Crippen molar-refractivity contribution in [3.05, 3.63) is 36.4 Å². The number of hydrogen-bond donors (Lipinski definition) is 1. The standard InChI is InChI=1S/C13H14FN3O2/c1-3-15-12-11(18-2)13(17-8-16-12)19-10-6-4-5-9(14)7-10/h4-8H,3H2,1-2H3,(H,15,16,17). The fourth-order valence-electron chi connectivity index (χ4n) is 1.55. The predicted molar refractivity (Wildman–Crippen MR) is 69.2 cm³/mol. The smallest absolute Gasteiger partial charge is 0.268 e. The van der Waals surface area contributed by atoms with Gasteiger partial charge >= 0.3 is 0 Å². The SMILES string of the molecule is CCNc1ncnc(Oc2cccc(F)c2)c1OC. The molecule has 0 saturated heterocycles. The minimum absolute atomic E-state index is 0.235. The first-order valence-corrected chi connectivity index (χ1v) is 5.81. The summed E-state index contributed by atoms with van der Waals surface area (Å²) in [5.74, 6) is 1.12. The van der Waals surface area contributed by atoms with Gasteiger partial charge in [0.25, 0.3) is 5.88 Å². The molecule has 0 spiro atoms. The number of anilines is 1. The van der Waals surface area contributed by atoms with Crippen molar-refractivity contribution in [3.8, 4) is 17.4 Å². The summed E-state index contributed by atoms with van der Waals surface area (Å²) in [5, 5.41) is 3.03. The molecule has 0 amide bonds. The lowest BCUT2D eigenvalue weighted by Crippen LogP contribution is -2.04. The number of ether oxygens (including phenoxy) is 2. The quantitative estimate of drug-likeness (QED) is 0.898. The maximum absolute atomic E-state index is 13.1. The van der Waals surface area contributed by atoms with Gasteiger partial charge in [0.2, 0.25) is 5.75 Å². The summed E-state index contributed by atoms with van der Waals surface area (Å²) in [6.45, 7) is 2.63. The van der Waals surface area contributed by atoms with E-state index in [1.165, 1.54) is 25.6 Å². The summed E-state index contributed by atoms with van der Waals surface area (Å²) in [5.41, 5.74) is 0. The fourth-order valence-corrected chi connectivity index (χ4v) is 1.55. The Morgan fingerprint density at radius 1 is 1.32 bits per heavy atom. The van der Waals surface area contributed by atoms with E-state index < -0.39 is 0 Å². The molecule has 0 aliphatic heterocycles. The van der Waals surface area contributed by atoms with Crippen LogP contribution in [-0.4, -0.2) is 23.6 Å². The van der Waals surface area contributed by atoms with Crippen LogP contribution < -0.4 is 14.8 Å². The van der Waals surface area contributed by atoms with E-state index in [-0.39, 0.29) is 11.7 Å². The molecule has 1 aromatic heterocycles. The minimum Gasteiger partial charge on any atom is -0.489 e. The third-order valence-corrected chi connectivity index (χ3v) is 2.33. The zero-order valence-corrected chi connectivity index (χ0v) is 10.7. The van der Waals surface area contributed by atoms with Gasteiger partial charge in [-0.3, -0.25) is 0 Å². The molecule has 1 aromatic carbocycles. The molecular formula is C13H14FN3O2. The van der Waals surface area contributed by atoms with Gasteiger partial charge in [-0.1, -0.05) is 6.07 Å². The zero-order valence-electron chi connectivity index (χ0n) is 10.7. The second kappa shape index (κ2) is 5.99. The third-order valence-electron chi connectivity index (χ3n) is 2.33. The van der Waals surface area contributed by atoms with Crippen LogP contribution >= 0.6 is 0 Å². The van der Waals surface area contributed by atoms with Crippen molar-refractivity contribution in [2.24, 2.45) is 0 Å². The molecule has 0 radical (unpaired) electrons. The van der Waals surface area contributed by atoms with Gasteiger partial charge in [0.15, 0.2) is 5.82 Å². The van der Waals surface area contributed by atoms with Gasteiger partial charge in [0.1, 0.15) is 17.9 Å². The van der Waals surface area contributed by atoms with Crippen molar-refractivity contribution in [2.75, 3.05) is 19.0 Å². The number of hydrogen-bond acceptors (Lipinski definition) is 5. The van der Waals surface area contributed by atoms with E-state index in [4.69, 9.17) is 9.47 Å². The van der Waals surface area contributed by atoms with Gasteiger partial charge < -0.3 is 14.8 Å². The average Bonchev–Trinajstić information content (AvgIpc) is 2.39. The normalized spacial score (nSPS) is 10.1. The number of halogens is 1. The van der Waals surface area contributed by atoms with Crippen molar-refractivity contribution in [3.63, 3.8) is 0 Å². The Bertz CT molecular complexity index is 563. The number of benzene rings is 1. The lowest BCUT2D eigenvalue weighted by molar-refractivity contribution is 0.368. The Morgan fingerprint density at radius 2 is 2.16 bits per heavy atom. The molecule has 2 rings (SSSR count). The lowest BCUT2D eigenvalue weighted by atomic mass is 10.3. The van der Waals surface area contributed by atoms with Crippen LogP contribution in [0, 0.1) is 5.82 Å². The van der Waals surface area contributed by atoms with E-state index in [9.17, 15) is 4.39 Å². The molecule has 1 N–H and O–H groups in total. The van der Waals surface area contributed by atoms with Crippen molar-refractivity contribution < 1.29 is 13.9 Å². The van der Waals surface area contributed by atoms with Gasteiger partial charge in [0, 0.05) is 12.6 Å². The summed E-state index contributed by atoms with van der Waals surface area (Å²) < 4.78 is 23.8. The number of rotatable bonds is 5. The number of nitrogens with one attached hydrogen (secondary N) is 1. The first kappa shape index (κ1) is 13.1. The molecular weight excluding hydrogens is 249 g/mol. The first-order chi connectivity index (χ1) is 9.24. The highest BCUT2D eigenvalue weighted by atomic mass is 19.1. The molecule has 0 aliphatic carbocycles. The molecule has 0 saturated carbocycles. The van der Waals surface area contributed by atoms with Gasteiger partial charge in [-0.2, -0.15) is 4.98 Å². The fraction of sp³-hybridized carbons (Fsp3) is 0.231. The molecule has 2 aromatic rings. The summed E-state index contributed by atoms with van der Waals surface area (Å²) in [6.07, 6.45) is 1.36. The Kier molecular flexibility index (Phi) is 4.12. The average molecular weight is 263 g/mol. The van der Waals surface area contributed by atoms with E-state index in [1.807, 2.05) is 6.92 Å². The van der Waals surface area contributed by atoms with Crippen LogP contribution in [0.2, 0.25) is 0 Å². The lowest BCUT2D eigenvalue weighted by Gasteiger charge is -2.12. The van der Waals surface area contributed by atoms with Crippen LogP contribution in [0.25, 0.3) is 0 Å². The van der Waals surface area contributed by atoms with E-state index in [0.29, 0.717) is 23.9 Å². The van der Waals surface area contributed by atoms with Crippen molar-refractivity contribution >= 4 is 5.82 Å². The summed E-state index contributed by atoms with van der Waals surface area (Å²) in [4.78, 5) is 8.05. The first-order valence-electron chi connectivity index (χ1n) is 5.81. The van der Waals surface area contributed by atoms with Gasteiger partial charge in [0.05, 0.1) is 7.11 Å². The summed E-state index contributed by atoms with van der Waals surface area (Å²) >= 11 is 0. The van der Waals surface area contributed by atoms with Crippen molar-refractivity contribution in [2.45, 2.75) is 6.92 Å². The molecule has 5 nitrogen and oxygen atoms in total. The summed E-state index contributed by atoms with van der Waals surface area (Å²) in [7, 11) is 1.50. The molecule has 1 heterocycles. The minimum atomic E-state index is -0.377. The molecule has 0 unspecified atom stereocenters. The van der Waals surface area contributed by atoms with Crippen LogP contribution in [-0.2, 0) is 0 Å². The molecule has 0 atom stereocenters. The van der Waals surface area contributed by atoms with Gasteiger partial charge in [-0.05, 0) is 19.1 Å². The maximum Gasteiger partial charge on any atom is 0.268 e. The molecule has 0 bridgehead atoms. The highest BCUT2D eigenvalue weighted by molar-refractivity contribution is 5.55. The van der Waals surface area contributed by atoms with Crippen molar-refractivity contribution in [1.29, 1.82) is 0 Å². The monoisotopic (exact) mass is 263 g/mol. The Hall–Kier alpha value is -2.37. The van der Waals surface area contributed by atoms with Crippen LogP contribution in [0.3, 0.4) is 0 Å². The van der Waals surface area contributed by atoms with Crippen LogP contribution in [0.4, 0.5) is 10.2 Å². The second-order valence-corrected chi connectivity index (χ2v) is 3.65. The maximum atomic E-state index is 13.1.